The van der Waals surface area contributed by atoms with Crippen molar-refractivity contribution in [3.63, 3.8) is 0 Å². The fraction of sp³-hybridized carbons (Fsp3) is 0.143. The summed E-state index contributed by atoms with van der Waals surface area (Å²) in [6.07, 6.45) is 0. The van der Waals surface area contributed by atoms with Gasteiger partial charge in [-0.1, -0.05) is 11.6 Å². The average Bonchev–Trinajstić information content (AvgIpc) is 1.92. The van der Waals surface area contributed by atoms with Crippen LogP contribution in [0.25, 0.3) is 0 Å². The summed E-state index contributed by atoms with van der Waals surface area (Å²) >= 11 is 0. The van der Waals surface area contributed by atoms with Crippen molar-refractivity contribution in [3.8, 4) is 5.75 Å². The third kappa shape index (κ3) is 3.63. The van der Waals surface area contributed by atoms with Gasteiger partial charge < -0.3 is 18.1 Å². The quantitative estimate of drug-likeness (QED) is 0.580. The molecule has 6 heteroatoms. The summed E-state index contributed by atoms with van der Waals surface area (Å²) in [6, 6.07) is 3.23. The fourth-order valence-electron chi connectivity index (χ4n) is 0.981. The monoisotopic (exact) mass is 214 g/mol. The summed E-state index contributed by atoms with van der Waals surface area (Å²) in [5.41, 5.74) is -0.588. The molecule has 0 aromatic heterocycles. The van der Waals surface area contributed by atoms with E-state index in [0.717, 1.165) is 6.07 Å². The van der Waals surface area contributed by atoms with Gasteiger partial charge in [0.1, 0.15) is 5.75 Å². The van der Waals surface area contributed by atoms with Gasteiger partial charge >= 0.3 is 58.4 Å². The third-order valence-electron chi connectivity index (χ3n) is 1.62. The molecular weight excluding hydrogens is 207 g/mol. The summed E-state index contributed by atoms with van der Waals surface area (Å²) in [4.78, 5) is 0. The zero-order valence-electron chi connectivity index (χ0n) is 7.39. The molecule has 0 fully saturated rings. The van der Waals surface area contributed by atoms with Gasteiger partial charge in [-0.25, -0.2) is 0 Å². The number of hydrogen-bond donors (Lipinski definition) is 1. The number of phenols is 1. The van der Waals surface area contributed by atoms with E-state index >= 15 is 0 Å². The van der Waals surface area contributed by atoms with Crippen LogP contribution in [-0.2, 0) is 0 Å². The zero-order chi connectivity index (χ0) is 9.35. The molecule has 0 atom stereocenters. The molecule has 0 aliphatic carbocycles. The minimum Gasteiger partial charge on any atom is -0.508 e. The summed E-state index contributed by atoms with van der Waals surface area (Å²) in [6.45, 7) is -3.64. The van der Waals surface area contributed by atoms with Crippen molar-refractivity contribution in [2.45, 2.75) is 6.92 Å². The summed E-state index contributed by atoms with van der Waals surface area (Å²) < 4.78 is 36.5. The molecule has 0 saturated carbocycles. The molecule has 0 spiro atoms. The van der Waals surface area contributed by atoms with E-state index in [1.165, 1.54) is 19.1 Å². The Hall–Kier alpha value is 0.511. The minimum absolute atomic E-state index is 0. The Balaban J connectivity index is 0.00000144. The van der Waals surface area contributed by atoms with Gasteiger partial charge in [0.25, 0.3) is 0 Å². The molecule has 1 aromatic carbocycles. The molecule has 0 aliphatic rings. The van der Waals surface area contributed by atoms with Crippen LogP contribution in [-0.4, -0.2) is 12.1 Å². The predicted octanol–water partition coefficient (Wildman–Crippen LogP) is -1.24. The Labute approximate surface area is 117 Å². The van der Waals surface area contributed by atoms with Crippen LogP contribution in [0.15, 0.2) is 18.2 Å². The summed E-state index contributed by atoms with van der Waals surface area (Å²) in [5.74, 6) is -0.352. The van der Waals surface area contributed by atoms with Gasteiger partial charge in [0.05, 0.1) is 0 Å². The Kier molecular flexibility index (Phi) is 5.03. The molecule has 13 heavy (non-hydrogen) atoms. The number of aromatic hydroxyl groups is 1. The van der Waals surface area contributed by atoms with Crippen LogP contribution >= 0.6 is 0 Å². The number of aryl methyl sites for hydroxylation is 1. The van der Waals surface area contributed by atoms with E-state index in [2.05, 4.69) is 0 Å². The van der Waals surface area contributed by atoms with E-state index in [1.807, 2.05) is 0 Å². The van der Waals surface area contributed by atoms with E-state index in [0.29, 0.717) is 0 Å². The maximum absolute atomic E-state index is 12.2. The minimum atomic E-state index is -5.01. The zero-order valence-corrected chi connectivity index (χ0v) is 10.5. The topological polar surface area (TPSA) is 20.2 Å². The Morgan fingerprint density at radius 3 is 2.15 bits per heavy atom. The molecule has 66 valence electrons. The molecule has 1 N–H and O–H groups in total. The molecule has 0 bridgehead atoms. The first-order valence-electron chi connectivity index (χ1n) is 3.40. The van der Waals surface area contributed by atoms with Crippen LogP contribution in [0.2, 0.25) is 0 Å². The Morgan fingerprint density at radius 1 is 1.23 bits per heavy atom. The van der Waals surface area contributed by atoms with E-state index in [9.17, 15) is 12.9 Å². The number of benzene rings is 1. The van der Waals surface area contributed by atoms with Crippen molar-refractivity contribution in [2.24, 2.45) is 0 Å². The smallest absolute Gasteiger partial charge is 0.508 e. The van der Waals surface area contributed by atoms with Crippen LogP contribution in [0.5, 0.6) is 5.75 Å². The average molecular weight is 214 g/mol. The van der Waals surface area contributed by atoms with Crippen molar-refractivity contribution in [1.82, 2.24) is 0 Å². The first kappa shape index (κ1) is 13.5. The number of halogens is 3. The largest absolute Gasteiger partial charge is 1.00 e. The van der Waals surface area contributed by atoms with Crippen LogP contribution in [0.4, 0.5) is 12.9 Å². The second-order valence-electron chi connectivity index (χ2n) is 2.62. The molecule has 0 radical (unpaired) electrons. The van der Waals surface area contributed by atoms with Crippen LogP contribution in [0.3, 0.4) is 0 Å². The van der Waals surface area contributed by atoms with Gasteiger partial charge in [0.2, 0.25) is 0 Å². The maximum Gasteiger partial charge on any atom is 1.00 e. The normalized spacial score (nSPS) is 10.8. The van der Waals surface area contributed by atoms with Gasteiger partial charge in [-0.2, -0.15) is 0 Å². The fourth-order valence-corrected chi connectivity index (χ4v) is 0.981. The second-order valence-corrected chi connectivity index (χ2v) is 2.62. The molecule has 1 rings (SSSR count). The SMILES string of the molecule is Cc1ccc(O)cc1[B-](F)(F)F.[K+]. The van der Waals surface area contributed by atoms with Crippen molar-refractivity contribution >= 4 is 12.4 Å². The third-order valence-corrected chi connectivity index (χ3v) is 1.62. The Morgan fingerprint density at radius 2 is 1.77 bits per heavy atom. The number of rotatable bonds is 1. The van der Waals surface area contributed by atoms with E-state index in [1.54, 1.807) is 0 Å². The number of hydrogen-bond acceptors (Lipinski definition) is 1. The van der Waals surface area contributed by atoms with Gasteiger partial charge in [-0.15, -0.1) is 5.46 Å². The molecule has 0 saturated heterocycles. The van der Waals surface area contributed by atoms with E-state index in [4.69, 9.17) is 5.11 Å². The van der Waals surface area contributed by atoms with Crippen molar-refractivity contribution < 1.29 is 69.4 Å². The Bertz CT molecular complexity index is 300. The van der Waals surface area contributed by atoms with Crippen molar-refractivity contribution in [1.29, 1.82) is 0 Å². The van der Waals surface area contributed by atoms with E-state index in [-0.39, 0.29) is 62.7 Å². The van der Waals surface area contributed by atoms with Gasteiger partial charge in [0, 0.05) is 0 Å². The van der Waals surface area contributed by atoms with Crippen LogP contribution < -0.4 is 56.8 Å². The first-order valence-corrected chi connectivity index (χ1v) is 3.40. The van der Waals surface area contributed by atoms with Crippen molar-refractivity contribution in [3.05, 3.63) is 23.8 Å². The standard InChI is InChI=1S/C7H7BF3O.K/c1-5-2-3-6(12)4-7(5)8(9,10)11;/h2-4,12H,1H3;/q-1;+1. The van der Waals surface area contributed by atoms with E-state index < -0.39 is 12.4 Å². The summed E-state index contributed by atoms with van der Waals surface area (Å²) in [5, 5.41) is 8.81. The number of phenolic OH excluding ortho intramolecular Hbond substituents is 1. The summed E-state index contributed by atoms with van der Waals surface area (Å²) in [7, 11) is 0. The molecule has 1 nitrogen and oxygen atoms in total. The maximum atomic E-state index is 12.2. The second kappa shape index (κ2) is 4.84. The predicted molar refractivity (Wildman–Crippen MR) is 41.6 cm³/mol. The van der Waals surface area contributed by atoms with Gasteiger partial charge in [0.15, 0.2) is 0 Å². The van der Waals surface area contributed by atoms with Crippen LogP contribution in [0.1, 0.15) is 5.56 Å². The van der Waals surface area contributed by atoms with Gasteiger partial charge in [-0.3, -0.25) is 0 Å². The molecule has 0 unspecified atom stereocenters. The molecule has 0 amide bonds. The first-order chi connectivity index (χ1) is 5.41. The molecular formula is C7H7BF3KO. The van der Waals surface area contributed by atoms with Crippen molar-refractivity contribution in [2.75, 3.05) is 0 Å². The molecule has 1 aromatic rings. The van der Waals surface area contributed by atoms with Gasteiger partial charge in [-0.05, 0) is 19.1 Å². The molecule has 0 heterocycles. The van der Waals surface area contributed by atoms with Crippen LogP contribution in [0, 0.1) is 6.92 Å². The molecule has 0 aliphatic heterocycles.